The normalized spacial score (nSPS) is 17.5. The molecule has 0 radical (unpaired) electrons. The molecule has 55 heavy (non-hydrogen) atoms. The Labute approximate surface area is 304 Å². The molecular formula is C37H35F17O. The predicted octanol–water partition coefficient (Wildman–Crippen LogP) is 13.7. The van der Waals surface area contributed by atoms with Gasteiger partial charge in [-0.05, 0) is 71.9 Å². The number of benzene rings is 2. The van der Waals surface area contributed by atoms with Crippen LogP contribution in [-0.2, 0) is 4.74 Å². The molecule has 0 N–H and O–H groups in total. The van der Waals surface area contributed by atoms with Crippen molar-refractivity contribution in [3.63, 3.8) is 0 Å². The van der Waals surface area contributed by atoms with Crippen molar-refractivity contribution >= 4 is 5.57 Å². The first-order valence-corrected chi connectivity index (χ1v) is 16.7. The Morgan fingerprint density at radius 1 is 0.636 bits per heavy atom. The molecule has 0 fully saturated rings. The highest BCUT2D eigenvalue weighted by molar-refractivity contribution is 5.72. The summed E-state index contributed by atoms with van der Waals surface area (Å²) in [5.74, 6) is -55.9. The summed E-state index contributed by atoms with van der Waals surface area (Å²) in [5.41, 5.74) is 3.77. The zero-order valence-corrected chi connectivity index (χ0v) is 28.9. The summed E-state index contributed by atoms with van der Waals surface area (Å²) < 4.78 is 236. The second kappa shape index (κ2) is 16.4. The van der Waals surface area contributed by atoms with E-state index in [4.69, 9.17) is 4.74 Å². The predicted molar refractivity (Wildman–Crippen MR) is 169 cm³/mol. The van der Waals surface area contributed by atoms with Gasteiger partial charge in [0.1, 0.15) is 5.76 Å². The second-order valence-electron chi connectivity index (χ2n) is 13.2. The maximum Gasteiger partial charge on any atom is 0.460 e. The first-order chi connectivity index (χ1) is 25.1. The van der Waals surface area contributed by atoms with Gasteiger partial charge >= 0.3 is 47.6 Å². The third-order valence-electron chi connectivity index (χ3n) is 9.28. The fourth-order valence-corrected chi connectivity index (χ4v) is 5.73. The van der Waals surface area contributed by atoms with Crippen LogP contribution in [0.1, 0.15) is 69.4 Å². The molecule has 1 aliphatic carbocycles. The topological polar surface area (TPSA) is 9.23 Å². The van der Waals surface area contributed by atoms with E-state index in [1.165, 1.54) is 12.2 Å². The molecule has 1 nitrogen and oxygen atoms in total. The Balaban J connectivity index is 1.76. The average Bonchev–Trinajstić information content (AvgIpc) is 3.11. The molecule has 0 saturated heterocycles. The van der Waals surface area contributed by atoms with E-state index in [1.54, 1.807) is 6.08 Å². The zero-order valence-electron chi connectivity index (χ0n) is 28.9. The summed E-state index contributed by atoms with van der Waals surface area (Å²) in [6.07, 6.45) is -4.65. The molecule has 2 aromatic rings. The number of hydrogen-bond donors (Lipinski definition) is 0. The first-order valence-electron chi connectivity index (χ1n) is 16.7. The summed E-state index contributed by atoms with van der Waals surface area (Å²) in [7, 11) is 0. The van der Waals surface area contributed by atoms with Gasteiger partial charge in [-0.2, -0.15) is 74.6 Å². The van der Waals surface area contributed by atoms with Crippen LogP contribution in [0.15, 0.2) is 90.2 Å². The Bertz CT molecular complexity index is 1660. The van der Waals surface area contributed by atoms with Crippen LogP contribution >= 0.6 is 0 Å². The van der Waals surface area contributed by atoms with Gasteiger partial charge < -0.3 is 4.74 Å². The minimum Gasteiger partial charge on any atom is -0.494 e. The van der Waals surface area contributed by atoms with Crippen molar-refractivity contribution in [3.8, 4) is 0 Å². The summed E-state index contributed by atoms with van der Waals surface area (Å²) in [5, 5.41) is 0. The third-order valence-corrected chi connectivity index (χ3v) is 9.28. The minimum absolute atomic E-state index is 0.0326. The van der Waals surface area contributed by atoms with Crippen molar-refractivity contribution in [2.45, 2.75) is 106 Å². The lowest BCUT2D eigenvalue weighted by molar-refractivity contribution is -0.461. The van der Waals surface area contributed by atoms with Gasteiger partial charge in [-0.3, -0.25) is 0 Å². The van der Waals surface area contributed by atoms with E-state index in [0.717, 1.165) is 35.1 Å². The van der Waals surface area contributed by atoms with E-state index in [0.29, 0.717) is 12.3 Å². The maximum atomic E-state index is 14.3. The molecule has 0 saturated carbocycles. The highest BCUT2D eigenvalue weighted by Crippen LogP contribution is 2.64. The number of hydrogen-bond acceptors (Lipinski definition) is 1. The van der Waals surface area contributed by atoms with Crippen LogP contribution < -0.4 is 0 Å². The Morgan fingerprint density at radius 2 is 1.13 bits per heavy atom. The van der Waals surface area contributed by atoms with Gasteiger partial charge in [0.25, 0.3) is 0 Å². The summed E-state index contributed by atoms with van der Waals surface area (Å²) in [6.45, 7) is 3.20. The monoisotopic (exact) mass is 818 g/mol. The average molecular weight is 819 g/mol. The van der Waals surface area contributed by atoms with Crippen molar-refractivity contribution in [3.05, 3.63) is 101 Å². The number of halogens is 17. The van der Waals surface area contributed by atoms with Crippen molar-refractivity contribution in [1.82, 2.24) is 0 Å². The van der Waals surface area contributed by atoms with Crippen LogP contribution in [0.5, 0.6) is 0 Å². The highest BCUT2D eigenvalue weighted by atomic mass is 19.4. The van der Waals surface area contributed by atoms with E-state index in [2.05, 4.69) is 13.8 Å². The molecule has 2 aromatic carbocycles. The molecule has 308 valence electrons. The molecule has 0 bridgehead atoms. The largest absolute Gasteiger partial charge is 0.494 e. The van der Waals surface area contributed by atoms with E-state index >= 15 is 0 Å². The molecule has 0 aliphatic heterocycles. The van der Waals surface area contributed by atoms with E-state index in [9.17, 15) is 74.6 Å². The van der Waals surface area contributed by atoms with Crippen molar-refractivity contribution in [2.75, 3.05) is 6.61 Å². The maximum absolute atomic E-state index is 14.3. The fourth-order valence-electron chi connectivity index (χ4n) is 5.73. The molecule has 2 unspecified atom stereocenters. The number of alkyl halides is 17. The Morgan fingerprint density at radius 3 is 1.60 bits per heavy atom. The smallest absolute Gasteiger partial charge is 0.460 e. The summed E-state index contributed by atoms with van der Waals surface area (Å²) in [6, 6.07) is 19.1. The molecule has 18 heteroatoms. The van der Waals surface area contributed by atoms with Crippen molar-refractivity contribution < 1.29 is 79.4 Å². The molecule has 3 rings (SSSR count). The SMILES string of the molecule is CCC(C)CC(CC(=C1C=CC(OCCCC(F)(F)C(F)(F)C(F)(F)C(F)(F)C(F)(F)C(F)(F)C(F)(F)C(F)(F)F)=CC1)c1ccccc1)c1ccccc1. The van der Waals surface area contributed by atoms with E-state index in [-0.39, 0.29) is 18.1 Å². The van der Waals surface area contributed by atoms with Gasteiger partial charge in [0, 0.05) is 6.42 Å². The van der Waals surface area contributed by atoms with Crippen molar-refractivity contribution in [1.29, 1.82) is 0 Å². The molecule has 0 amide bonds. The van der Waals surface area contributed by atoms with Crippen LogP contribution in [0.2, 0.25) is 0 Å². The van der Waals surface area contributed by atoms with E-state index < -0.39 is 67.1 Å². The quantitative estimate of drug-likeness (QED) is 0.108. The van der Waals surface area contributed by atoms with E-state index in [1.807, 2.05) is 60.7 Å². The van der Waals surface area contributed by atoms with Crippen LogP contribution in [-0.4, -0.2) is 54.2 Å². The lowest BCUT2D eigenvalue weighted by Gasteiger charge is -2.42. The minimum atomic E-state index is -8.64. The Hall–Kier alpha value is -3.73. The van der Waals surface area contributed by atoms with Gasteiger partial charge in [0.2, 0.25) is 0 Å². The van der Waals surface area contributed by atoms with Crippen molar-refractivity contribution in [2.24, 2.45) is 5.92 Å². The van der Waals surface area contributed by atoms with Gasteiger partial charge in [0.05, 0.1) is 6.61 Å². The third kappa shape index (κ3) is 8.82. The van der Waals surface area contributed by atoms with Gasteiger partial charge in [-0.25, -0.2) is 0 Å². The van der Waals surface area contributed by atoms with Gasteiger partial charge in [0.15, 0.2) is 0 Å². The Kier molecular flexibility index (Phi) is 13.6. The molecular weight excluding hydrogens is 783 g/mol. The lowest BCUT2D eigenvalue weighted by Crippen LogP contribution is -2.74. The van der Waals surface area contributed by atoms with Crippen LogP contribution in [0.3, 0.4) is 0 Å². The zero-order chi connectivity index (χ0) is 41.9. The number of allylic oxidation sites excluding steroid dienone is 5. The fraction of sp³-hybridized carbons (Fsp3) is 0.514. The standard InChI is InChI=1S/C37H35F17O/c1-3-23(2)21-27(24-11-6-4-7-12-24)22-29(25-13-8-5-9-14-25)26-15-17-28(18-16-26)55-20-10-19-30(38,39)31(40,41)32(42,43)33(44,45)34(46,47)35(48,49)36(50,51)37(52,53)54/h4-9,11-15,17-18,23,27H,3,10,16,19-22H2,1-2H3. The van der Waals surface area contributed by atoms with Crippen LogP contribution in [0.25, 0.3) is 5.57 Å². The lowest BCUT2D eigenvalue weighted by atomic mass is 9.80. The van der Waals surface area contributed by atoms with Crippen LogP contribution in [0.4, 0.5) is 74.6 Å². The highest BCUT2D eigenvalue weighted by Gasteiger charge is 2.95. The number of ether oxygens (including phenoxy) is 1. The molecule has 0 spiro atoms. The van der Waals surface area contributed by atoms with Gasteiger partial charge in [-0.15, -0.1) is 0 Å². The first kappa shape index (κ1) is 45.7. The number of rotatable bonds is 18. The van der Waals surface area contributed by atoms with Crippen LogP contribution in [0, 0.1) is 5.92 Å². The summed E-state index contributed by atoms with van der Waals surface area (Å²) >= 11 is 0. The molecule has 0 aromatic heterocycles. The summed E-state index contributed by atoms with van der Waals surface area (Å²) in [4.78, 5) is 0. The van der Waals surface area contributed by atoms with Gasteiger partial charge in [-0.1, -0.05) is 87.0 Å². The second-order valence-corrected chi connectivity index (χ2v) is 13.2. The molecule has 2 atom stereocenters. The molecule has 0 heterocycles. The molecule has 1 aliphatic rings.